The van der Waals surface area contributed by atoms with Crippen molar-refractivity contribution in [1.82, 2.24) is 0 Å². The molecular weight excluding hydrogens is 433 g/mol. The SMILES string of the molecule is CCCCCC/C=C\CCCCCCCCC/C=C\CCCC(O)(C[N+](C)(C)C)P(=O)(O)O. The topological polar surface area (TPSA) is 77.8 Å². The maximum Gasteiger partial charge on any atom is 0.362 e. The van der Waals surface area contributed by atoms with E-state index in [2.05, 4.69) is 31.2 Å². The summed E-state index contributed by atoms with van der Waals surface area (Å²) in [5.74, 6) is 0. The van der Waals surface area contributed by atoms with Crippen molar-refractivity contribution in [3.05, 3.63) is 24.3 Å². The minimum atomic E-state index is -4.57. The van der Waals surface area contributed by atoms with Crippen molar-refractivity contribution in [2.45, 2.75) is 121 Å². The number of aliphatic hydroxyl groups is 1. The number of allylic oxidation sites excluding steroid dienone is 4. The van der Waals surface area contributed by atoms with Crippen molar-refractivity contribution < 1.29 is 23.9 Å². The predicted octanol–water partition coefficient (Wildman–Crippen LogP) is 7.32. The standard InChI is InChI=1S/C27H54NO4P/c1-5-6-7-8-9-10-11-12-13-14-15-16-17-18-19-20-21-22-23-24-25-27(29,33(30,31)32)26-28(2,3)4/h10-11,21-22,29H,5-9,12-20,23-26H2,1-4H3,(H-,30,31,32)/p+1/b11-10-,22-21-. The number of rotatable bonds is 22. The molecule has 33 heavy (non-hydrogen) atoms. The third kappa shape index (κ3) is 19.5. The zero-order chi connectivity index (χ0) is 25.1. The van der Waals surface area contributed by atoms with Crippen molar-refractivity contribution in [3.8, 4) is 0 Å². The van der Waals surface area contributed by atoms with Crippen LogP contribution in [0.1, 0.15) is 116 Å². The average molecular weight is 489 g/mol. The molecule has 0 aliphatic carbocycles. The van der Waals surface area contributed by atoms with Gasteiger partial charge in [0.1, 0.15) is 6.54 Å². The zero-order valence-electron chi connectivity index (χ0n) is 22.2. The highest BCUT2D eigenvalue weighted by Crippen LogP contribution is 2.52. The molecule has 0 fully saturated rings. The van der Waals surface area contributed by atoms with Gasteiger partial charge in [0.15, 0.2) is 0 Å². The van der Waals surface area contributed by atoms with Crippen molar-refractivity contribution >= 4 is 7.60 Å². The van der Waals surface area contributed by atoms with Gasteiger partial charge in [-0.05, 0) is 57.8 Å². The summed E-state index contributed by atoms with van der Waals surface area (Å²) in [6.07, 6.45) is 28.5. The number of hydrogen-bond acceptors (Lipinski definition) is 2. The molecule has 0 aromatic rings. The summed E-state index contributed by atoms with van der Waals surface area (Å²) in [4.78, 5) is 19.2. The van der Waals surface area contributed by atoms with E-state index in [4.69, 9.17) is 0 Å². The van der Waals surface area contributed by atoms with Gasteiger partial charge in [0.05, 0.1) is 21.1 Å². The van der Waals surface area contributed by atoms with Gasteiger partial charge >= 0.3 is 7.60 Å². The molecule has 1 unspecified atom stereocenters. The molecule has 0 saturated carbocycles. The van der Waals surface area contributed by atoms with Crippen LogP contribution < -0.4 is 0 Å². The highest BCUT2D eigenvalue weighted by molar-refractivity contribution is 7.53. The quantitative estimate of drug-likeness (QED) is 0.0645. The summed E-state index contributed by atoms with van der Waals surface area (Å²) in [6, 6.07) is 0. The van der Waals surface area contributed by atoms with Gasteiger partial charge in [0.25, 0.3) is 0 Å². The van der Waals surface area contributed by atoms with Crippen LogP contribution in [0.4, 0.5) is 0 Å². The van der Waals surface area contributed by atoms with Crippen LogP contribution in [0.25, 0.3) is 0 Å². The van der Waals surface area contributed by atoms with E-state index in [1.807, 2.05) is 21.1 Å². The largest absolute Gasteiger partial charge is 0.373 e. The Balaban J connectivity index is 3.65. The fourth-order valence-electron chi connectivity index (χ4n) is 4.15. The van der Waals surface area contributed by atoms with Gasteiger partial charge in [0, 0.05) is 0 Å². The van der Waals surface area contributed by atoms with Crippen LogP contribution in [0.3, 0.4) is 0 Å². The van der Waals surface area contributed by atoms with E-state index in [0.717, 1.165) is 12.8 Å². The summed E-state index contributed by atoms with van der Waals surface area (Å²) in [5, 5.41) is 8.59. The Hall–Kier alpha value is -0.450. The molecular formula is C27H55NO4P+. The van der Waals surface area contributed by atoms with Crippen LogP contribution in [-0.4, -0.2) is 52.4 Å². The molecule has 0 spiro atoms. The second kappa shape index (κ2) is 18.8. The summed E-state index contributed by atoms with van der Waals surface area (Å²) < 4.78 is 12.1. The molecule has 196 valence electrons. The van der Waals surface area contributed by atoms with Crippen molar-refractivity contribution in [3.63, 3.8) is 0 Å². The molecule has 5 nitrogen and oxygen atoms in total. The van der Waals surface area contributed by atoms with Crippen LogP contribution in [-0.2, 0) is 4.57 Å². The highest BCUT2D eigenvalue weighted by atomic mass is 31.2. The van der Waals surface area contributed by atoms with Gasteiger partial charge < -0.3 is 19.4 Å². The predicted molar refractivity (Wildman–Crippen MR) is 142 cm³/mol. The first-order chi connectivity index (χ1) is 15.5. The van der Waals surface area contributed by atoms with Gasteiger partial charge in [0.2, 0.25) is 5.34 Å². The molecule has 3 N–H and O–H groups in total. The lowest BCUT2D eigenvalue weighted by Crippen LogP contribution is -2.49. The number of unbranched alkanes of at least 4 members (excludes halogenated alkanes) is 13. The lowest BCUT2D eigenvalue weighted by molar-refractivity contribution is -0.875. The molecule has 0 aromatic carbocycles. The second-order valence-corrected chi connectivity index (χ2v) is 12.6. The van der Waals surface area contributed by atoms with Crippen molar-refractivity contribution in [2.24, 2.45) is 0 Å². The summed E-state index contributed by atoms with van der Waals surface area (Å²) >= 11 is 0. The van der Waals surface area contributed by atoms with Crippen LogP contribution >= 0.6 is 7.60 Å². The van der Waals surface area contributed by atoms with E-state index in [0.29, 0.717) is 10.9 Å². The van der Waals surface area contributed by atoms with Gasteiger partial charge in [-0.3, -0.25) is 4.57 Å². The molecule has 0 bridgehead atoms. The smallest absolute Gasteiger partial charge is 0.362 e. The minimum Gasteiger partial charge on any atom is -0.373 e. The molecule has 6 heteroatoms. The molecule has 0 aliphatic heterocycles. The molecule has 0 saturated heterocycles. The molecule has 0 radical (unpaired) electrons. The number of nitrogens with zero attached hydrogens (tertiary/aromatic N) is 1. The van der Waals surface area contributed by atoms with Crippen LogP contribution in [0, 0.1) is 0 Å². The van der Waals surface area contributed by atoms with E-state index in [9.17, 15) is 19.5 Å². The fourth-order valence-corrected chi connectivity index (χ4v) is 5.21. The monoisotopic (exact) mass is 488 g/mol. The molecule has 0 heterocycles. The Morgan fingerprint density at radius 2 is 1.03 bits per heavy atom. The average Bonchev–Trinajstić information content (AvgIpc) is 2.70. The highest BCUT2D eigenvalue weighted by Gasteiger charge is 2.48. The number of quaternary nitrogens is 1. The maximum absolute atomic E-state index is 11.8. The van der Waals surface area contributed by atoms with E-state index >= 15 is 0 Å². The maximum atomic E-state index is 11.8. The Bertz CT molecular complexity index is 565. The molecule has 0 amide bonds. The Morgan fingerprint density at radius 3 is 1.39 bits per heavy atom. The molecule has 0 aromatic heterocycles. The number of likely N-dealkylation sites (N-methyl/N-ethyl adjacent to an activating group) is 1. The Labute approximate surface area is 205 Å². The Kier molecular flexibility index (Phi) is 18.6. The van der Waals surface area contributed by atoms with E-state index in [1.165, 1.54) is 83.5 Å². The van der Waals surface area contributed by atoms with E-state index in [1.54, 1.807) is 0 Å². The zero-order valence-corrected chi connectivity index (χ0v) is 23.1. The first-order valence-corrected chi connectivity index (χ1v) is 15.0. The lowest BCUT2D eigenvalue weighted by atomic mass is 10.1. The second-order valence-electron chi connectivity index (χ2n) is 10.7. The first kappa shape index (κ1) is 32.5. The van der Waals surface area contributed by atoms with Gasteiger partial charge in [-0.25, -0.2) is 0 Å². The molecule has 1 atom stereocenters. The van der Waals surface area contributed by atoms with E-state index < -0.39 is 12.9 Å². The van der Waals surface area contributed by atoms with Crippen molar-refractivity contribution in [2.75, 3.05) is 27.7 Å². The van der Waals surface area contributed by atoms with Gasteiger partial charge in [-0.15, -0.1) is 0 Å². The van der Waals surface area contributed by atoms with Crippen LogP contribution in [0.2, 0.25) is 0 Å². The fraction of sp³-hybridized carbons (Fsp3) is 0.852. The van der Waals surface area contributed by atoms with Crippen molar-refractivity contribution in [1.29, 1.82) is 0 Å². The summed E-state index contributed by atoms with van der Waals surface area (Å²) in [6.45, 7) is 2.30. The van der Waals surface area contributed by atoms with Crippen LogP contribution in [0.5, 0.6) is 0 Å². The Morgan fingerprint density at radius 1 is 0.667 bits per heavy atom. The molecule has 0 aliphatic rings. The third-order valence-electron chi connectivity index (χ3n) is 6.02. The van der Waals surface area contributed by atoms with Crippen LogP contribution in [0.15, 0.2) is 24.3 Å². The normalized spacial score (nSPS) is 15.0. The molecule has 0 rings (SSSR count). The summed E-state index contributed by atoms with van der Waals surface area (Å²) in [7, 11) is 0.919. The lowest BCUT2D eigenvalue weighted by Gasteiger charge is -2.35. The minimum absolute atomic E-state index is 0.0385. The third-order valence-corrected chi connectivity index (χ3v) is 7.47. The summed E-state index contributed by atoms with van der Waals surface area (Å²) in [5.41, 5.74) is 0. The van der Waals surface area contributed by atoms with Gasteiger partial charge in [-0.2, -0.15) is 0 Å². The van der Waals surface area contributed by atoms with Gasteiger partial charge in [-0.1, -0.05) is 82.6 Å². The van der Waals surface area contributed by atoms with E-state index in [-0.39, 0.29) is 13.0 Å². The first-order valence-electron chi connectivity index (χ1n) is 13.4. The number of hydrogen-bond donors (Lipinski definition) is 3.